The topological polar surface area (TPSA) is 21.7 Å². The molecule has 0 radical (unpaired) electrons. The fraction of sp³-hybridized carbons (Fsp3) is 0.750. The Morgan fingerprint density at radius 1 is 1.08 bits per heavy atom. The molecule has 12 heavy (non-hydrogen) atoms. The van der Waals surface area contributed by atoms with Crippen LogP contribution in [0.5, 0.6) is 0 Å². The predicted molar refractivity (Wildman–Crippen MR) is 50.4 cm³/mol. The first-order chi connectivity index (χ1) is 5.69. The zero-order chi connectivity index (χ0) is 9.14. The van der Waals surface area contributed by atoms with E-state index in [1.807, 2.05) is 13.8 Å². The summed E-state index contributed by atoms with van der Waals surface area (Å²) < 4.78 is 13.3. The molecule has 1 aliphatic heterocycles. The highest BCUT2D eigenvalue weighted by atomic mass is 31.2. The predicted octanol–water partition coefficient (Wildman–Crippen LogP) is 2.85. The minimum Gasteiger partial charge on any atom is -0.428 e. The maximum Gasteiger partial charge on any atom is 0.384 e. The Labute approximate surface area is 75.3 Å². The molecule has 70 valence electrons. The lowest BCUT2D eigenvalue weighted by atomic mass is 10.5. The van der Waals surface area contributed by atoms with E-state index in [0.717, 1.165) is 24.6 Å². The molecule has 0 aliphatic carbocycles. The summed E-state index contributed by atoms with van der Waals surface area (Å²) >= 11 is 0. The minimum absolute atomic E-state index is 0.828. The van der Waals surface area contributed by atoms with Gasteiger partial charge in [-0.15, -0.1) is 0 Å². The van der Waals surface area contributed by atoms with Gasteiger partial charge in [-0.05, 0) is 13.8 Å². The fourth-order valence-corrected chi connectivity index (χ4v) is 2.41. The molecule has 0 unspecified atom stereocenters. The van der Waals surface area contributed by atoms with Gasteiger partial charge in [0.2, 0.25) is 0 Å². The lowest BCUT2D eigenvalue weighted by Gasteiger charge is -2.21. The summed E-state index contributed by atoms with van der Waals surface area (Å²) in [7, 11) is -0.828. The molecule has 0 atom stereocenters. The van der Waals surface area contributed by atoms with Crippen molar-refractivity contribution in [1.29, 1.82) is 0 Å². The Hall–Kier alpha value is -0.270. The van der Waals surface area contributed by atoms with Crippen LogP contribution in [0.4, 0.5) is 0 Å². The second-order valence-corrected chi connectivity index (χ2v) is 4.08. The van der Waals surface area contributed by atoms with E-state index in [1.54, 1.807) is 0 Å². The third kappa shape index (κ3) is 1.90. The molecule has 0 saturated heterocycles. The van der Waals surface area contributed by atoms with Crippen LogP contribution in [0.15, 0.2) is 11.5 Å². The minimum atomic E-state index is -0.828. The van der Waals surface area contributed by atoms with Crippen molar-refractivity contribution in [1.82, 2.24) is 4.67 Å². The number of allylic oxidation sites excluding steroid dienone is 2. The first-order valence-corrected chi connectivity index (χ1v) is 5.40. The van der Waals surface area contributed by atoms with Crippen LogP contribution >= 0.6 is 8.53 Å². The molecule has 1 aliphatic rings. The van der Waals surface area contributed by atoms with Crippen LogP contribution < -0.4 is 0 Å². The van der Waals surface area contributed by atoms with Crippen LogP contribution in [-0.4, -0.2) is 17.8 Å². The average molecular weight is 189 g/mol. The Balaban J connectivity index is 2.49. The van der Waals surface area contributed by atoms with Crippen molar-refractivity contribution in [3.8, 4) is 0 Å². The van der Waals surface area contributed by atoms with E-state index in [2.05, 4.69) is 18.5 Å². The second kappa shape index (κ2) is 4.11. The molecule has 0 amide bonds. The molecule has 4 heteroatoms. The fourth-order valence-electron chi connectivity index (χ4n) is 0.951. The van der Waals surface area contributed by atoms with Gasteiger partial charge < -0.3 is 9.05 Å². The monoisotopic (exact) mass is 189 g/mol. The first kappa shape index (κ1) is 9.82. The van der Waals surface area contributed by atoms with E-state index in [9.17, 15) is 0 Å². The van der Waals surface area contributed by atoms with Gasteiger partial charge in [-0.2, -0.15) is 0 Å². The number of hydrogen-bond acceptors (Lipinski definition) is 3. The molecule has 1 heterocycles. The molecule has 0 bridgehead atoms. The molecule has 0 aromatic carbocycles. The van der Waals surface area contributed by atoms with Gasteiger partial charge in [0.05, 0.1) is 0 Å². The lowest BCUT2D eigenvalue weighted by Crippen LogP contribution is -2.16. The molecule has 1 rings (SSSR count). The number of nitrogens with zero attached hydrogens (tertiary/aromatic N) is 1. The SMILES string of the molecule is CCN(CC)P1OC(C)=C(C)O1. The standard InChI is InChI=1S/C8H16NO2P/c1-5-9(6-2)12-10-7(3)8(4)11-12/h5-6H2,1-4H3. The Morgan fingerprint density at radius 3 is 1.83 bits per heavy atom. The Bertz CT molecular complexity index is 175. The van der Waals surface area contributed by atoms with E-state index in [-0.39, 0.29) is 0 Å². The van der Waals surface area contributed by atoms with Gasteiger partial charge in [-0.25, -0.2) is 4.67 Å². The van der Waals surface area contributed by atoms with Gasteiger partial charge in [-0.1, -0.05) is 13.8 Å². The maximum atomic E-state index is 5.57. The van der Waals surface area contributed by atoms with Crippen LogP contribution in [0.25, 0.3) is 0 Å². The Kier molecular flexibility index (Phi) is 3.36. The van der Waals surface area contributed by atoms with Gasteiger partial charge in [-0.3, -0.25) is 0 Å². The summed E-state index contributed by atoms with van der Waals surface area (Å²) in [6, 6.07) is 0. The van der Waals surface area contributed by atoms with Crippen LogP contribution in [0, 0.1) is 0 Å². The van der Waals surface area contributed by atoms with Gasteiger partial charge in [0, 0.05) is 13.1 Å². The first-order valence-electron chi connectivity index (χ1n) is 4.27. The molecule has 0 spiro atoms. The van der Waals surface area contributed by atoms with E-state index in [1.165, 1.54) is 0 Å². The largest absolute Gasteiger partial charge is 0.428 e. The van der Waals surface area contributed by atoms with Crippen LogP contribution in [0.1, 0.15) is 27.7 Å². The smallest absolute Gasteiger partial charge is 0.384 e. The highest BCUT2D eigenvalue weighted by molar-refractivity contribution is 7.45. The summed E-state index contributed by atoms with van der Waals surface area (Å²) in [5.74, 6) is 1.85. The van der Waals surface area contributed by atoms with Gasteiger partial charge in [0.25, 0.3) is 0 Å². The lowest BCUT2D eigenvalue weighted by molar-refractivity contribution is 0.344. The third-order valence-electron chi connectivity index (χ3n) is 1.89. The molecule has 0 saturated carbocycles. The summed E-state index contributed by atoms with van der Waals surface area (Å²) in [5, 5.41) is 0. The van der Waals surface area contributed by atoms with Crippen molar-refractivity contribution >= 4 is 8.53 Å². The summed E-state index contributed by atoms with van der Waals surface area (Å²) in [5.41, 5.74) is 0. The molecular weight excluding hydrogens is 173 g/mol. The van der Waals surface area contributed by atoms with Crippen LogP contribution in [0.3, 0.4) is 0 Å². The van der Waals surface area contributed by atoms with Gasteiger partial charge in [0.15, 0.2) is 0 Å². The van der Waals surface area contributed by atoms with E-state index in [0.29, 0.717) is 0 Å². The second-order valence-electron chi connectivity index (χ2n) is 2.67. The summed E-state index contributed by atoms with van der Waals surface area (Å²) in [4.78, 5) is 0. The van der Waals surface area contributed by atoms with Crippen molar-refractivity contribution in [3.63, 3.8) is 0 Å². The number of hydrogen-bond donors (Lipinski definition) is 0. The normalized spacial score (nSPS) is 18.4. The van der Waals surface area contributed by atoms with Gasteiger partial charge >= 0.3 is 8.53 Å². The highest BCUT2D eigenvalue weighted by Crippen LogP contribution is 2.51. The van der Waals surface area contributed by atoms with Crippen molar-refractivity contribution < 1.29 is 9.05 Å². The number of rotatable bonds is 3. The van der Waals surface area contributed by atoms with Crippen LogP contribution in [0.2, 0.25) is 0 Å². The average Bonchev–Trinajstić information content (AvgIpc) is 2.35. The van der Waals surface area contributed by atoms with Gasteiger partial charge in [0.1, 0.15) is 11.5 Å². The summed E-state index contributed by atoms with van der Waals surface area (Å²) in [6.45, 7) is 10.1. The zero-order valence-corrected chi connectivity index (χ0v) is 9.02. The van der Waals surface area contributed by atoms with Crippen LogP contribution in [-0.2, 0) is 9.05 Å². The zero-order valence-electron chi connectivity index (χ0n) is 8.13. The van der Waals surface area contributed by atoms with Crippen molar-refractivity contribution in [2.75, 3.05) is 13.1 Å². The maximum absolute atomic E-state index is 5.57. The molecule has 0 aromatic heterocycles. The van der Waals surface area contributed by atoms with E-state index < -0.39 is 8.53 Å². The van der Waals surface area contributed by atoms with E-state index >= 15 is 0 Å². The van der Waals surface area contributed by atoms with Crippen molar-refractivity contribution in [2.24, 2.45) is 0 Å². The molecule has 0 aromatic rings. The highest BCUT2D eigenvalue weighted by Gasteiger charge is 2.28. The quantitative estimate of drug-likeness (QED) is 0.637. The van der Waals surface area contributed by atoms with Crippen molar-refractivity contribution in [2.45, 2.75) is 27.7 Å². The van der Waals surface area contributed by atoms with E-state index in [4.69, 9.17) is 9.05 Å². The van der Waals surface area contributed by atoms with Crippen molar-refractivity contribution in [3.05, 3.63) is 11.5 Å². The third-order valence-corrected chi connectivity index (χ3v) is 3.77. The molecular formula is C8H16NO2P. The Morgan fingerprint density at radius 2 is 1.50 bits per heavy atom. The molecule has 0 N–H and O–H groups in total. The molecule has 0 fully saturated rings. The summed E-state index contributed by atoms with van der Waals surface area (Å²) in [6.07, 6.45) is 0. The molecule has 3 nitrogen and oxygen atoms in total.